The van der Waals surface area contributed by atoms with Gasteiger partial charge in [-0.2, -0.15) is 10.2 Å². The van der Waals surface area contributed by atoms with Crippen LogP contribution in [-0.4, -0.2) is 72.3 Å². The first kappa shape index (κ1) is 45.6. The van der Waals surface area contributed by atoms with Gasteiger partial charge in [-0.15, -0.1) is 0 Å². The summed E-state index contributed by atoms with van der Waals surface area (Å²) >= 11 is 0. The van der Waals surface area contributed by atoms with Crippen LogP contribution in [0.1, 0.15) is 68.5 Å². The third-order valence-corrected chi connectivity index (χ3v) is 17.3. The Bertz CT molecular complexity index is 3000. The summed E-state index contributed by atoms with van der Waals surface area (Å²) in [7, 11) is -6.43. The molecule has 66 heavy (non-hydrogen) atoms. The Balaban J connectivity index is 0.000000143. The van der Waals surface area contributed by atoms with Crippen LogP contribution in [0, 0.1) is 34.3 Å². The molecule has 1 N–H and O–H groups in total. The predicted molar refractivity (Wildman–Crippen MR) is 250 cm³/mol. The van der Waals surface area contributed by atoms with Gasteiger partial charge in [-0.05, 0) is 164 Å². The zero-order valence-corrected chi connectivity index (χ0v) is 38.9. The first-order valence-corrected chi connectivity index (χ1v) is 26.0. The summed E-state index contributed by atoms with van der Waals surface area (Å²) in [4.78, 5) is 0.668. The summed E-state index contributed by atoms with van der Waals surface area (Å²) in [6, 6.07) is 29.6. The highest BCUT2D eigenvalue weighted by molar-refractivity contribution is 7.91. The topological polar surface area (TPSA) is 137 Å². The summed E-state index contributed by atoms with van der Waals surface area (Å²) in [5, 5.41) is 20.2. The van der Waals surface area contributed by atoms with E-state index >= 15 is 0 Å². The van der Waals surface area contributed by atoms with Crippen molar-refractivity contribution in [3.63, 3.8) is 0 Å². The highest BCUT2D eigenvalue weighted by Crippen LogP contribution is 2.57. The number of rotatable bonds is 9. The lowest BCUT2D eigenvalue weighted by Gasteiger charge is -2.38. The lowest BCUT2D eigenvalue weighted by atomic mass is 9.68. The molecule has 1 saturated heterocycles. The van der Waals surface area contributed by atoms with Crippen LogP contribution in [0.25, 0.3) is 23.5 Å². The van der Waals surface area contributed by atoms with Crippen LogP contribution in [0.15, 0.2) is 143 Å². The highest BCUT2D eigenvalue weighted by Gasteiger charge is 2.52. The summed E-state index contributed by atoms with van der Waals surface area (Å²) in [6.07, 6.45) is 15.3. The molecular weight excluding hydrogens is 879 g/mol. The Morgan fingerprint density at radius 1 is 0.697 bits per heavy atom. The molecule has 0 radical (unpaired) electrons. The van der Waals surface area contributed by atoms with Crippen LogP contribution in [0.2, 0.25) is 0 Å². The SMILES string of the molecule is CS(=O)(=O)c1ccccc1.C[C@]12Cc3cnn(-c4ccc(F)cc4)c3C=C1CC[C@@H]2C(O)CCS(=O)(=O)c1ccccc1.C[C@]12Cc3cnn(-c4ccc(F)cc4)c3C=C1CC[C@@H]2C1CO1. The second-order valence-corrected chi connectivity index (χ2v) is 22.8. The lowest BCUT2D eigenvalue weighted by molar-refractivity contribution is 0.0540. The molecule has 2 unspecified atom stereocenters. The minimum Gasteiger partial charge on any atom is -0.393 e. The number of halogens is 2. The van der Waals surface area contributed by atoms with Gasteiger partial charge < -0.3 is 9.84 Å². The van der Waals surface area contributed by atoms with E-state index in [2.05, 4.69) is 36.2 Å². The molecule has 10 nitrogen and oxygen atoms in total. The summed E-state index contributed by atoms with van der Waals surface area (Å²) in [5.74, 6) is 0.0434. The van der Waals surface area contributed by atoms with Crippen LogP contribution in [0.3, 0.4) is 0 Å². The fourth-order valence-electron chi connectivity index (χ4n) is 10.7. The van der Waals surface area contributed by atoms with Crippen molar-refractivity contribution in [2.24, 2.45) is 22.7 Å². The molecule has 3 fully saturated rings. The number of sulfone groups is 2. The zero-order chi connectivity index (χ0) is 46.4. The smallest absolute Gasteiger partial charge is 0.178 e. The maximum atomic E-state index is 13.3. The van der Waals surface area contributed by atoms with Crippen molar-refractivity contribution in [3.8, 4) is 11.4 Å². The number of epoxide rings is 1. The van der Waals surface area contributed by atoms with Gasteiger partial charge in [0, 0.05) is 6.26 Å². The molecule has 5 aliphatic rings. The van der Waals surface area contributed by atoms with E-state index in [0.29, 0.717) is 21.8 Å². The van der Waals surface area contributed by atoms with Crippen molar-refractivity contribution < 1.29 is 35.5 Å². The number of aromatic nitrogens is 4. The number of hydrogen-bond acceptors (Lipinski definition) is 8. The van der Waals surface area contributed by atoms with Gasteiger partial charge in [0.1, 0.15) is 11.6 Å². The van der Waals surface area contributed by atoms with Crippen molar-refractivity contribution in [2.45, 2.75) is 80.8 Å². The van der Waals surface area contributed by atoms with E-state index in [9.17, 15) is 30.7 Å². The molecule has 1 aliphatic heterocycles. The standard InChI is InChI=1S/C26H27FN2O3S.C19H19FN2O.C7H8O2S/c1-26-16-18-17-28-29(21-10-8-20(27)9-11-21)24(18)15-19(26)7-12-23(26)25(30)13-14-33(31,32)22-5-3-2-4-6-22;1-19-9-12-10-21-22(15-5-3-14(20)4-6-15)17(12)8-13(19)2-7-16(19)18-11-23-18;1-10(8,9)7-5-3-2-4-6-7/h2-6,8-11,15,17,23,25,30H,7,12-14,16H2,1H3;3-6,8,10,16,18H,2,7,9,11H2,1H3;2-6H,1H3/t23-,25?,26+;16-,18?,19+;/m11./s1. The average molecular weight is 933 g/mol. The van der Waals surface area contributed by atoms with E-state index in [4.69, 9.17) is 4.74 Å². The monoisotopic (exact) mass is 932 g/mol. The van der Waals surface area contributed by atoms with Crippen LogP contribution in [-0.2, 0) is 37.3 Å². The number of benzene rings is 4. The average Bonchev–Trinajstić information content (AvgIpc) is 3.60. The molecule has 344 valence electrons. The molecule has 0 bridgehead atoms. The van der Waals surface area contributed by atoms with Crippen LogP contribution >= 0.6 is 0 Å². The number of aliphatic hydroxyl groups excluding tert-OH is 1. The number of aliphatic hydroxyl groups is 1. The largest absolute Gasteiger partial charge is 0.393 e. The van der Waals surface area contributed by atoms with E-state index in [0.717, 1.165) is 67.0 Å². The molecule has 6 atom stereocenters. The number of ether oxygens (including phenoxy) is 1. The Kier molecular flexibility index (Phi) is 12.4. The summed E-state index contributed by atoms with van der Waals surface area (Å²) < 4.78 is 82.9. The van der Waals surface area contributed by atoms with Crippen molar-refractivity contribution in [1.29, 1.82) is 0 Å². The van der Waals surface area contributed by atoms with Gasteiger partial charge in [0.2, 0.25) is 0 Å². The predicted octanol–water partition coefficient (Wildman–Crippen LogP) is 9.45. The number of nitrogens with zero attached hydrogens (tertiary/aromatic N) is 4. The van der Waals surface area contributed by atoms with Crippen molar-refractivity contribution in [2.75, 3.05) is 18.6 Å². The lowest BCUT2D eigenvalue weighted by Crippen LogP contribution is -2.37. The minimum absolute atomic E-state index is 0.0166. The molecule has 2 saturated carbocycles. The van der Waals surface area contributed by atoms with Gasteiger partial charge in [0.25, 0.3) is 0 Å². The van der Waals surface area contributed by atoms with E-state index in [1.807, 2.05) is 21.8 Å². The second kappa shape index (κ2) is 17.9. The fourth-order valence-corrected chi connectivity index (χ4v) is 12.7. The van der Waals surface area contributed by atoms with Crippen LogP contribution in [0.4, 0.5) is 8.78 Å². The molecule has 0 spiro atoms. The molecule has 3 heterocycles. The van der Waals surface area contributed by atoms with Crippen molar-refractivity contribution in [3.05, 3.63) is 167 Å². The Hall–Kier alpha value is -5.54. The summed E-state index contributed by atoms with van der Waals surface area (Å²) in [5.41, 5.74) is 8.99. The Labute approximate surface area is 385 Å². The van der Waals surface area contributed by atoms with Gasteiger partial charge >= 0.3 is 0 Å². The fraction of sp³-hybridized carbons (Fsp3) is 0.346. The molecule has 4 aliphatic carbocycles. The highest BCUT2D eigenvalue weighted by atomic mass is 32.2. The van der Waals surface area contributed by atoms with E-state index < -0.39 is 25.8 Å². The summed E-state index contributed by atoms with van der Waals surface area (Å²) in [6.45, 7) is 5.48. The van der Waals surface area contributed by atoms with Crippen molar-refractivity contribution >= 4 is 31.8 Å². The molecule has 6 aromatic rings. The van der Waals surface area contributed by atoms with Gasteiger partial charge in [0.05, 0.1) is 69.5 Å². The first-order chi connectivity index (χ1) is 31.5. The van der Waals surface area contributed by atoms with E-state index in [1.54, 1.807) is 84.9 Å². The maximum absolute atomic E-state index is 13.3. The van der Waals surface area contributed by atoms with E-state index in [1.165, 1.54) is 53.7 Å². The Morgan fingerprint density at radius 2 is 1.17 bits per heavy atom. The number of allylic oxidation sites excluding steroid dienone is 2. The third-order valence-electron chi connectivity index (χ3n) is 14.4. The van der Waals surface area contributed by atoms with Crippen molar-refractivity contribution in [1.82, 2.24) is 19.6 Å². The molecule has 11 rings (SSSR count). The first-order valence-electron chi connectivity index (χ1n) is 22.4. The normalized spacial score (nSPS) is 24.2. The zero-order valence-electron chi connectivity index (χ0n) is 37.2. The van der Waals surface area contributed by atoms with Gasteiger partial charge in [-0.1, -0.05) is 61.4 Å². The maximum Gasteiger partial charge on any atom is 0.178 e. The van der Waals surface area contributed by atoms with Gasteiger partial charge in [0.15, 0.2) is 19.7 Å². The van der Waals surface area contributed by atoms with Gasteiger partial charge in [-0.3, -0.25) is 0 Å². The molecule has 2 aromatic heterocycles. The van der Waals surface area contributed by atoms with Crippen LogP contribution < -0.4 is 0 Å². The van der Waals surface area contributed by atoms with Crippen LogP contribution in [0.5, 0.6) is 0 Å². The quantitative estimate of drug-likeness (QED) is 0.142. The third kappa shape index (κ3) is 9.12. The minimum atomic E-state index is -3.43. The molecule has 4 aromatic carbocycles. The molecule has 14 heteroatoms. The number of fused-ring (bicyclic) bond motifs is 4. The van der Waals surface area contributed by atoms with E-state index in [-0.39, 0.29) is 40.6 Å². The van der Waals surface area contributed by atoms with Gasteiger partial charge in [-0.25, -0.2) is 35.0 Å². The molecular formula is C52H54F2N4O6S2. The number of hydrogen-bond donors (Lipinski definition) is 1. The second-order valence-electron chi connectivity index (χ2n) is 18.6. The molecule has 0 amide bonds. The Morgan fingerprint density at radius 3 is 1.65 bits per heavy atom.